The Balaban J connectivity index is 1.95. The molecule has 0 aliphatic rings. The molecule has 6 heteroatoms. The van der Waals surface area contributed by atoms with Crippen LogP contribution in [0.1, 0.15) is 26.8 Å². The van der Waals surface area contributed by atoms with Gasteiger partial charge in [0.15, 0.2) is 15.2 Å². The molecule has 2 aromatic carbocycles. The first-order chi connectivity index (χ1) is 11.7. The quantitative estimate of drug-likeness (QED) is 0.666. The van der Waals surface area contributed by atoms with Gasteiger partial charge in [0.25, 0.3) is 0 Å². The van der Waals surface area contributed by atoms with E-state index in [9.17, 15) is 4.79 Å². The molecule has 0 amide bonds. The Morgan fingerprint density at radius 3 is 2.12 bits per heavy atom. The van der Waals surface area contributed by atoms with Crippen LogP contribution >= 0.6 is 22.9 Å². The van der Waals surface area contributed by atoms with Gasteiger partial charge < -0.3 is 10.1 Å². The Bertz CT molecular complexity index is 782. The minimum absolute atomic E-state index is 0.0971. The summed E-state index contributed by atoms with van der Waals surface area (Å²) in [6, 6.07) is 20.0. The van der Waals surface area contributed by atoms with Crippen LogP contribution in [0.5, 0.6) is 0 Å². The first-order valence-corrected chi connectivity index (χ1v) is 8.49. The lowest BCUT2D eigenvalue weighted by atomic mass is 9.99. The molecule has 1 heterocycles. The minimum Gasteiger partial charge on any atom is -0.465 e. The van der Waals surface area contributed by atoms with E-state index in [1.807, 2.05) is 60.7 Å². The van der Waals surface area contributed by atoms with E-state index in [-0.39, 0.29) is 11.2 Å². The van der Waals surface area contributed by atoms with Crippen molar-refractivity contribution in [3.8, 4) is 0 Å². The maximum atomic E-state index is 11.7. The number of ether oxygens (including phenoxy) is 1. The summed E-state index contributed by atoms with van der Waals surface area (Å²) in [6.07, 6.45) is 0. The average Bonchev–Trinajstić information content (AvgIpc) is 3.01. The fourth-order valence-electron chi connectivity index (χ4n) is 2.36. The van der Waals surface area contributed by atoms with Gasteiger partial charge in [0.2, 0.25) is 0 Å². The second-order valence-electron chi connectivity index (χ2n) is 5.03. The molecular weight excluding hydrogens is 344 g/mol. The van der Waals surface area contributed by atoms with Crippen molar-refractivity contribution in [1.29, 1.82) is 0 Å². The Hall–Kier alpha value is -2.37. The van der Waals surface area contributed by atoms with Crippen LogP contribution in [-0.4, -0.2) is 18.1 Å². The number of nitrogens with zero attached hydrogens (tertiary/aromatic N) is 1. The number of hydrogen-bond acceptors (Lipinski definition) is 5. The van der Waals surface area contributed by atoms with Gasteiger partial charge in [0.1, 0.15) is 0 Å². The minimum atomic E-state index is -0.485. The zero-order chi connectivity index (χ0) is 16.9. The van der Waals surface area contributed by atoms with E-state index < -0.39 is 5.97 Å². The number of anilines is 1. The first kappa shape index (κ1) is 16.5. The van der Waals surface area contributed by atoms with E-state index in [0.717, 1.165) is 11.1 Å². The van der Waals surface area contributed by atoms with E-state index >= 15 is 0 Å². The molecule has 0 spiro atoms. The molecule has 0 aliphatic carbocycles. The van der Waals surface area contributed by atoms with Crippen LogP contribution in [0.25, 0.3) is 0 Å². The highest BCUT2D eigenvalue weighted by atomic mass is 35.5. The van der Waals surface area contributed by atoms with Gasteiger partial charge in [0, 0.05) is 0 Å². The molecule has 24 heavy (non-hydrogen) atoms. The highest BCUT2D eigenvalue weighted by Crippen LogP contribution is 2.32. The summed E-state index contributed by atoms with van der Waals surface area (Å²) in [5, 5.41) is 4.08. The molecular formula is C18H15ClN2O2S. The van der Waals surface area contributed by atoms with Crippen molar-refractivity contribution in [1.82, 2.24) is 4.98 Å². The van der Waals surface area contributed by atoms with Crippen LogP contribution in [0.15, 0.2) is 60.7 Å². The largest absolute Gasteiger partial charge is 0.465 e. The monoisotopic (exact) mass is 358 g/mol. The highest BCUT2D eigenvalue weighted by Gasteiger charge is 2.20. The molecule has 0 atom stereocenters. The van der Waals surface area contributed by atoms with Crippen LogP contribution in [0.2, 0.25) is 5.15 Å². The van der Waals surface area contributed by atoms with E-state index in [2.05, 4.69) is 10.3 Å². The molecule has 1 N–H and O–H groups in total. The fraction of sp³-hybridized carbons (Fsp3) is 0.111. The predicted molar refractivity (Wildman–Crippen MR) is 96.8 cm³/mol. The zero-order valence-corrected chi connectivity index (χ0v) is 14.5. The smallest absolute Gasteiger partial charge is 0.351 e. The molecule has 3 aromatic rings. The number of hydrogen-bond donors (Lipinski definition) is 1. The standard InChI is InChI=1S/C18H15ClN2O2S/c1-23-17(22)15-16(19)21-18(24-15)20-14(12-8-4-2-5-9-12)13-10-6-3-7-11-13/h2-11,14H,1H3,(H,20,21). The van der Waals surface area contributed by atoms with Crippen molar-refractivity contribution in [3.63, 3.8) is 0 Å². The van der Waals surface area contributed by atoms with E-state index in [0.29, 0.717) is 10.0 Å². The Morgan fingerprint density at radius 2 is 1.62 bits per heavy atom. The Labute approximate surface area is 149 Å². The summed E-state index contributed by atoms with van der Waals surface area (Å²) in [5.74, 6) is -0.485. The van der Waals surface area contributed by atoms with E-state index in [1.54, 1.807) is 0 Å². The summed E-state index contributed by atoms with van der Waals surface area (Å²) in [7, 11) is 1.32. The lowest BCUT2D eigenvalue weighted by molar-refractivity contribution is 0.0606. The van der Waals surface area contributed by atoms with Gasteiger partial charge in [-0.15, -0.1) is 0 Å². The number of methoxy groups -OCH3 is 1. The van der Waals surface area contributed by atoms with Crippen LogP contribution in [0, 0.1) is 0 Å². The summed E-state index contributed by atoms with van der Waals surface area (Å²) in [6.45, 7) is 0. The van der Waals surface area contributed by atoms with Crippen LogP contribution < -0.4 is 5.32 Å². The number of carbonyl (C=O) groups excluding carboxylic acids is 1. The lowest BCUT2D eigenvalue weighted by Crippen LogP contribution is -2.12. The van der Waals surface area contributed by atoms with Crippen molar-refractivity contribution >= 4 is 34.0 Å². The van der Waals surface area contributed by atoms with Crippen molar-refractivity contribution in [2.75, 3.05) is 12.4 Å². The molecule has 4 nitrogen and oxygen atoms in total. The molecule has 1 aromatic heterocycles. The van der Waals surface area contributed by atoms with Crippen molar-refractivity contribution in [2.24, 2.45) is 0 Å². The third kappa shape index (κ3) is 3.58. The van der Waals surface area contributed by atoms with Crippen molar-refractivity contribution < 1.29 is 9.53 Å². The summed E-state index contributed by atoms with van der Waals surface area (Å²) in [4.78, 5) is 16.2. The molecule has 0 aliphatic heterocycles. The molecule has 0 saturated carbocycles. The van der Waals surface area contributed by atoms with Gasteiger partial charge in [-0.05, 0) is 11.1 Å². The molecule has 0 bridgehead atoms. The topological polar surface area (TPSA) is 51.2 Å². The number of nitrogens with one attached hydrogen (secondary N) is 1. The maximum Gasteiger partial charge on any atom is 0.351 e. The van der Waals surface area contributed by atoms with Gasteiger partial charge in [-0.3, -0.25) is 0 Å². The van der Waals surface area contributed by atoms with Crippen LogP contribution in [0.3, 0.4) is 0 Å². The first-order valence-electron chi connectivity index (χ1n) is 7.30. The number of thiazole rings is 1. The van der Waals surface area contributed by atoms with Gasteiger partial charge in [0.05, 0.1) is 13.2 Å². The van der Waals surface area contributed by atoms with Crippen molar-refractivity contribution in [3.05, 3.63) is 81.8 Å². The number of benzene rings is 2. The number of aromatic nitrogens is 1. The van der Waals surface area contributed by atoms with E-state index in [1.165, 1.54) is 18.4 Å². The number of halogens is 1. The normalized spacial score (nSPS) is 10.6. The SMILES string of the molecule is COC(=O)c1sc(NC(c2ccccc2)c2ccccc2)nc1Cl. The van der Waals surface area contributed by atoms with Gasteiger partial charge in [-0.2, -0.15) is 0 Å². The van der Waals surface area contributed by atoms with Gasteiger partial charge in [-0.1, -0.05) is 83.6 Å². The van der Waals surface area contributed by atoms with Crippen LogP contribution in [-0.2, 0) is 4.74 Å². The second-order valence-corrected chi connectivity index (χ2v) is 6.39. The van der Waals surface area contributed by atoms with Crippen LogP contribution in [0.4, 0.5) is 5.13 Å². The zero-order valence-electron chi connectivity index (χ0n) is 12.9. The fourth-order valence-corrected chi connectivity index (χ4v) is 3.49. The summed E-state index contributed by atoms with van der Waals surface area (Å²) >= 11 is 7.23. The predicted octanol–water partition coefficient (Wildman–Crippen LogP) is 4.78. The number of rotatable bonds is 5. The molecule has 0 fully saturated rings. The lowest BCUT2D eigenvalue weighted by Gasteiger charge is -2.19. The molecule has 0 unspecified atom stereocenters. The highest BCUT2D eigenvalue weighted by molar-refractivity contribution is 7.18. The summed E-state index contributed by atoms with van der Waals surface area (Å²) < 4.78 is 4.72. The molecule has 122 valence electrons. The second kappa shape index (κ2) is 7.47. The Kier molecular flexibility index (Phi) is 5.13. The number of esters is 1. The average molecular weight is 359 g/mol. The van der Waals surface area contributed by atoms with Gasteiger partial charge >= 0.3 is 5.97 Å². The Morgan fingerprint density at radius 1 is 1.08 bits per heavy atom. The maximum absolute atomic E-state index is 11.7. The van der Waals surface area contributed by atoms with Gasteiger partial charge in [-0.25, -0.2) is 9.78 Å². The third-order valence-corrected chi connectivity index (χ3v) is 4.84. The molecule has 0 radical (unpaired) electrons. The van der Waals surface area contributed by atoms with Crippen molar-refractivity contribution in [2.45, 2.75) is 6.04 Å². The molecule has 3 rings (SSSR count). The third-order valence-electron chi connectivity index (χ3n) is 3.49. The molecule has 0 saturated heterocycles. The van der Waals surface area contributed by atoms with E-state index in [4.69, 9.17) is 16.3 Å². The summed E-state index contributed by atoms with van der Waals surface area (Å²) in [5.41, 5.74) is 2.18. The number of carbonyl (C=O) groups is 1.